The lowest BCUT2D eigenvalue weighted by atomic mass is 10.0. The van der Waals surface area contributed by atoms with Crippen LogP contribution in [-0.2, 0) is 4.79 Å². The smallest absolute Gasteiger partial charge is 0.319 e. The van der Waals surface area contributed by atoms with Gasteiger partial charge in [0.05, 0.1) is 12.1 Å². The molecule has 0 aliphatic carbocycles. The molecule has 0 saturated heterocycles. The number of carbonyl (C=O) groups is 2. The van der Waals surface area contributed by atoms with Crippen LogP contribution < -0.4 is 10.6 Å². The molecule has 5 nitrogen and oxygen atoms in total. The van der Waals surface area contributed by atoms with Gasteiger partial charge in [0.2, 0.25) is 0 Å². The van der Waals surface area contributed by atoms with Crippen LogP contribution >= 0.6 is 27.5 Å². The van der Waals surface area contributed by atoms with Crippen LogP contribution in [0, 0.1) is 12.8 Å². The van der Waals surface area contributed by atoms with Crippen molar-refractivity contribution in [2.75, 3.05) is 5.32 Å². The topological polar surface area (TPSA) is 78.4 Å². The van der Waals surface area contributed by atoms with Crippen molar-refractivity contribution in [3.63, 3.8) is 0 Å². The number of carbonyl (C=O) groups excluding carboxylic acids is 1. The maximum Gasteiger partial charge on any atom is 0.319 e. The largest absolute Gasteiger partial charge is 0.481 e. The van der Waals surface area contributed by atoms with Crippen LogP contribution in [0.3, 0.4) is 0 Å². The van der Waals surface area contributed by atoms with E-state index in [2.05, 4.69) is 26.6 Å². The Morgan fingerprint density at radius 1 is 1.38 bits per heavy atom. The summed E-state index contributed by atoms with van der Waals surface area (Å²) in [5, 5.41) is 14.7. The molecule has 1 aromatic rings. The van der Waals surface area contributed by atoms with Crippen LogP contribution in [0.4, 0.5) is 10.5 Å². The second-order valence-electron chi connectivity index (χ2n) is 5.13. The number of hydrogen-bond donors (Lipinski definition) is 3. The number of carboxylic acid groups (broad SMARTS) is 1. The van der Waals surface area contributed by atoms with Crippen molar-refractivity contribution < 1.29 is 14.7 Å². The molecule has 0 aromatic heterocycles. The second kappa shape index (κ2) is 7.66. The molecule has 0 radical (unpaired) electrons. The van der Waals surface area contributed by atoms with Gasteiger partial charge in [-0.2, -0.15) is 0 Å². The predicted molar refractivity (Wildman–Crippen MR) is 86.9 cm³/mol. The van der Waals surface area contributed by atoms with Crippen LogP contribution in [0.2, 0.25) is 5.02 Å². The lowest BCUT2D eigenvalue weighted by Gasteiger charge is -2.21. The molecular formula is C14H18BrClN2O3. The van der Waals surface area contributed by atoms with Crippen LogP contribution in [0.25, 0.3) is 0 Å². The number of nitrogens with one attached hydrogen (secondary N) is 2. The fourth-order valence-corrected chi connectivity index (χ4v) is 2.43. The van der Waals surface area contributed by atoms with Crippen molar-refractivity contribution in [1.82, 2.24) is 5.32 Å². The zero-order chi connectivity index (χ0) is 16.2. The van der Waals surface area contributed by atoms with Gasteiger partial charge in [-0.1, -0.05) is 25.4 Å². The first-order valence-electron chi connectivity index (χ1n) is 6.45. The molecule has 0 bridgehead atoms. The number of benzene rings is 1. The number of urea groups is 1. The van der Waals surface area contributed by atoms with E-state index in [-0.39, 0.29) is 12.3 Å². The Bertz CT molecular complexity index is 549. The van der Waals surface area contributed by atoms with Crippen molar-refractivity contribution >= 4 is 45.2 Å². The Morgan fingerprint density at radius 3 is 2.52 bits per heavy atom. The fraction of sp³-hybridized carbons (Fsp3) is 0.429. The van der Waals surface area contributed by atoms with Gasteiger partial charge in [-0.15, -0.1) is 0 Å². The molecule has 1 aromatic carbocycles. The molecule has 7 heteroatoms. The van der Waals surface area contributed by atoms with Gasteiger partial charge in [0.1, 0.15) is 0 Å². The van der Waals surface area contributed by atoms with E-state index in [9.17, 15) is 9.59 Å². The summed E-state index contributed by atoms with van der Waals surface area (Å²) in [7, 11) is 0. The van der Waals surface area contributed by atoms with E-state index in [0.717, 1.165) is 5.56 Å². The van der Waals surface area contributed by atoms with Gasteiger partial charge in [0, 0.05) is 15.5 Å². The van der Waals surface area contributed by atoms with E-state index in [1.807, 2.05) is 20.8 Å². The lowest BCUT2D eigenvalue weighted by molar-refractivity contribution is -0.137. The average molecular weight is 378 g/mol. The first-order chi connectivity index (χ1) is 9.70. The number of hydrogen-bond acceptors (Lipinski definition) is 2. The van der Waals surface area contributed by atoms with Gasteiger partial charge in [-0.05, 0) is 46.5 Å². The third-order valence-electron chi connectivity index (χ3n) is 3.01. The number of aliphatic carboxylic acids is 1. The molecule has 0 aliphatic rings. The Morgan fingerprint density at radius 2 is 2.00 bits per heavy atom. The molecule has 0 aliphatic heterocycles. The second-order valence-corrected chi connectivity index (χ2v) is 6.39. The highest BCUT2D eigenvalue weighted by Gasteiger charge is 2.19. The van der Waals surface area contributed by atoms with Gasteiger partial charge < -0.3 is 15.7 Å². The Labute approximate surface area is 137 Å². The minimum absolute atomic E-state index is 0.0110. The summed E-state index contributed by atoms with van der Waals surface area (Å²) < 4.78 is 0.707. The molecule has 0 heterocycles. The molecule has 1 unspecified atom stereocenters. The third kappa shape index (κ3) is 5.55. The quantitative estimate of drug-likeness (QED) is 0.725. The number of anilines is 1. The minimum Gasteiger partial charge on any atom is -0.481 e. The molecule has 1 rings (SSSR count). The summed E-state index contributed by atoms with van der Waals surface area (Å²) >= 11 is 9.37. The molecule has 116 valence electrons. The molecule has 0 saturated carbocycles. The van der Waals surface area contributed by atoms with Crippen molar-refractivity contribution in [2.45, 2.75) is 33.2 Å². The lowest BCUT2D eigenvalue weighted by Crippen LogP contribution is -2.42. The molecular weight excluding hydrogens is 360 g/mol. The first kappa shape index (κ1) is 17.8. The van der Waals surface area contributed by atoms with Crippen LogP contribution in [0.5, 0.6) is 0 Å². The standard InChI is InChI=1S/C14H18BrClN2O3/c1-7(2)11(6-13(19)20)17-14(21)18-12-5-10(16)8(3)4-9(12)15/h4-5,7,11H,6H2,1-3H3,(H,19,20)(H2,17,18,21). The van der Waals surface area contributed by atoms with Crippen LogP contribution in [-0.4, -0.2) is 23.1 Å². The molecule has 0 fully saturated rings. The Hall–Kier alpha value is -1.27. The molecule has 0 spiro atoms. The molecule has 1 atom stereocenters. The van der Waals surface area contributed by atoms with Crippen molar-refractivity contribution in [3.8, 4) is 0 Å². The summed E-state index contributed by atoms with van der Waals surface area (Å²) in [6.07, 6.45) is -0.124. The Balaban J connectivity index is 2.76. The number of rotatable bonds is 5. The minimum atomic E-state index is -0.950. The van der Waals surface area contributed by atoms with Gasteiger partial charge in [-0.25, -0.2) is 4.79 Å². The SMILES string of the molecule is Cc1cc(Br)c(NC(=O)NC(CC(=O)O)C(C)C)cc1Cl. The summed E-state index contributed by atoms with van der Waals surface area (Å²) in [6.45, 7) is 5.57. The fourth-order valence-electron chi connectivity index (χ4n) is 1.71. The van der Waals surface area contributed by atoms with E-state index in [0.29, 0.717) is 15.2 Å². The zero-order valence-electron chi connectivity index (χ0n) is 12.0. The van der Waals surface area contributed by atoms with Crippen molar-refractivity contribution in [1.29, 1.82) is 0 Å². The van der Waals surface area contributed by atoms with Crippen molar-refractivity contribution in [3.05, 3.63) is 27.2 Å². The predicted octanol–water partition coefficient (Wildman–Crippen LogP) is 4.03. The number of halogens is 2. The molecule has 2 amide bonds. The highest BCUT2D eigenvalue weighted by molar-refractivity contribution is 9.10. The average Bonchev–Trinajstić information content (AvgIpc) is 2.34. The Kier molecular flexibility index (Phi) is 6.48. The summed E-state index contributed by atoms with van der Waals surface area (Å²) in [5.74, 6) is -0.939. The normalized spacial score (nSPS) is 12.1. The van der Waals surface area contributed by atoms with Gasteiger partial charge in [0.25, 0.3) is 0 Å². The van der Waals surface area contributed by atoms with E-state index in [1.54, 1.807) is 12.1 Å². The number of aryl methyl sites for hydroxylation is 1. The monoisotopic (exact) mass is 376 g/mol. The molecule has 3 N–H and O–H groups in total. The number of carboxylic acids is 1. The van der Waals surface area contributed by atoms with Gasteiger partial charge >= 0.3 is 12.0 Å². The van der Waals surface area contributed by atoms with E-state index >= 15 is 0 Å². The maximum atomic E-state index is 12.0. The third-order valence-corrected chi connectivity index (χ3v) is 4.08. The van der Waals surface area contributed by atoms with E-state index in [1.165, 1.54) is 0 Å². The van der Waals surface area contributed by atoms with Crippen LogP contribution in [0.15, 0.2) is 16.6 Å². The van der Waals surface area contributed by atoms with E-state index in [4.69, 9.17) is 16.7 Å². The zero-order valence-corrected chi connectivity index (χ0v) is 14.4. The van der Waals surface area contributed by atoms with Crippen molar-refractivity contribution in [2.24, 2.45) is 5.92 Å². The summed E-state index contributed by atoms with van der Waals surface area (Å²) in [5.41, 5.74) is 1.42. The maximum absolute atomic E-state index is 12.0. The number of amides is 2. The van der Waals surface area contributed by atoms with Crippen LogP contribution in [0.1, 0.15) is 25.8 Å². The van der Waals surface area contributed by atoms with E-state index < -0.39 is 18.0 Å². The first-order valence-corrected chi connectivity index (χ1v) is 7.62. The highest BCUT2D eigenvalue weighted by atomic mass is 79.9. The van der Waals surface area contributed by atoms with Gasteiger partial charge in [0.15, 0.2) is 0 Å². The summed E-state index contributed by atoms with van der Waals surface area (Å²) in [6, 6.07) is 2.54. The van der Waals surface area contributed by atoms with Gasteiger partial charge in [-0.3, -0.25) is 4.79 Å². The highest BCUT2D eigenvalue weighted by Crippen LogP contribution is 2.29. The molecule has 21 heavy (non-hydrogen) atoms. The summed E-state index contributed by atoms with van der Waals surface area (Å²) in [4.78, 5) is 22.8.